The number of ether oxygens (including phenoxy) is 2. The standard InChI is InChI=1S/C17H26N2O5S/c1-5-10-25(21,22)19-8-6-18(7-9-19)17(20)14-12-15(23-3)13(2)11-16(14)24-4/h11-12H,5-10H2,1-4H3. The Bertz CT molecular complexity index is 725. The highest BCUT2D eigenvalue weighted by atomic mass is 32.2. The zero-order chi connectivity index (χ0) is 18.6. The number of aryl methyl sites for hydroxylation is 1. The van der Waals surface area contributed by atoms with Crippen molar-refractivity contribution in [3.8, 4) is 11.5 Å². The smallest absolute Gasteiger partial charge is 0.257 e. The molecule has 0 radical (unpaired) electrons. The first-order valence-electron chi connectivity index (χ1n) is 8.33. The number of nitrogens with zero attached hydrogens (tertiary/aromatic N) is 2. The lowest BCUT2D eigenvalue weighted by atomic mass is 10.1. The molecule has 0 bridgehead atoms. The summed E-state index contributed by atoms with van der Waals surface area (Å²) in [5.41, 5.74) is 1.31. The SMILES string of the molecule is CCCS(=O)(=O)N1CCN(C(=O)c2cc(OC)c(C)cc2OC)CC1. The molecule has 8 heteroatoms. The second-order valence-electron chi connectivity index (χ2n) is 6.03. The molecule has 0 unspecified atom stereocenters. The van der Waals surface area contributed by atoms with Gasteiger partial charge in [0.15, 0.2) is 0 Å². The van der Waals surface area contributed by atoms with Crippen LogP contribution >= 0.6 is 0 Å². The molecule has 2 rings (SSSR count). The second kappa shape index (κ2) is 8.05. The molecule has 1 amide bonds. The molecule has 7 nitrogen and oxygen atoms in total. The second-order valence-corrected chi connectivity index (χ2v) is 8.12. The molecule has 1 aliphatic heterocycles. The first-order valence-corrected chi connectivity index (χ1v) is 9.94. The van der Waals surface area contributed by atoms with Gasteiger partial charge in [0.05, 0.1) is 25.5 Å². The van der Waals surface area contributed by atoms with Gasteiger partial charge in [-0.15, -0.1) is 0 Å². The molecule has 0 atom stereocenters. The molecule has 25 heavy (non-hydrogen) atoms. The van der Waals surface area contributed by atoms with Gasteiger partial charge >= 0.3 is 0 Å². The Morgan fingerprint density at radius 3 is 2.20 bits per heavy atom. The first kappa shape index (κ1) is 19.5. The number of benzene rings is 1. The van der Waals surface area contributed by atoms with Gasteiger partial charge in [0.1, 0.15) is 11.5 Å². The highest BCUT2D eigenvalue weighted by molar-refractivity contribution is 7.89. The molecule has 1 aromatic rings. The van der Waals surface area contributed by atoms with Crippen LogP contribution in [-0.2, 0) is 10.0 Å². The van der Waals surface area contributed by atoms with Gasteiger partial charge in [-0.1, -0.05) is 6.92 Å². The van der Waals surface area contributed by atoms with Gasteiger partial charge in [-0.2, -0.15) is 4.31 Å². The van der Waals surface area contributed by atoms with Gasteiger partial charge in [0.25, 0.3) is 5.91 Å². The molecular weight excluding hydrogens is 344 g/mol. The average Bonchev–Trinajstić information content (AvgIpc) is 2.61. The third-order valence-corrected chi connectivity index (χ3v) is 6.40. The van der Waals surface area contributed by atoms with Gasteiger partial charge in [0.2, 0.25) is 10.0 Å². The van der Waals surface area contributed by atoms with Crippen molar-refractivity contribution < 1.29 is 22.7 Å². The van der Waals surface area contributed by atoms with Crippen LogP contribution in [0.15, 0.2) is 12.1 Å². The Balaban J connectivity index is 2.15. The Kier molecular flexibility index (Phi) is 6.29. The zero-order valence-corrected chi connectivity index (χ0v) is 16.1. The van der Waals surface area contributed by atoms with E-state index in [1.807, 2.05) is 13.8 Å². The van der Waals surface area contributed by atoms with E-state index in [1.165, 1.54) is 11.4 Å². The zero-order valence-electron chi connectivity index (χ0n) is 15.2. The van der Waals surface area contributed by atoms with E-state index in [9.17, 15) is 13.2 Å². The Morgan fingerprint density at radius 2 is 1.68 bits per heavy atom. The summed E-state index contributed by atoms with van der Waals surface area (Å²) in [4.78, 5) is 14.5. The number of carbonyl (C=O) groups excluding carboxylic acids is 1. The van der Waals surface area contributed by atoms with Crippen LogP contribution in [0.2, 0.25) is 0 Å². The first-order chi connectivity index (χ1) is 11.8. The summed E-state index contributed by atoms with van der Waals surface area (Å²) in [5, 5.41) is 0. The van der Waals surface area contributed by atoms with E-state index in [4.69, 9.17) is 9.47 Å². The molecule has 0 aromatic heterocycles. The Morgan fingerprint density at radius 1 is 1.08 bits per heavy atom. The van der Waals surface area contributed by atoms with Crippen molar-refractivity contribution >= 4 is 15.9 Å². The lowest BCUT2D eigenvalue weighted by Gasteiger charge is -2.34. The molecular formula is C17H26N2O5S. The van der Waals surface area contributed by atoms with Gasteiger partial charge in [0, 0.05) is 26.2 Å². The van der Waals surface area contributed by atoms with Crippen molar-refractivity contribution in [2.75, 3.05) is 46.2 Å². The average molecular weight is 370 g/mol. The van der Waals surface area contributed by atoms with E-state index >= 15 is 0 Å². The maximum atomic E-state index is 12.9. The fourth-order valence-electron chi connectivity index (χ4n) is 2.94. The van der Waals surface area contributed by atoms with Gasteiger partial charge in [-0.05, 0) is 31.0 Å². The molecule has 1 aliphatic rings. The number of methoxy groups -OCH3 is 2. The van der Waals surface area contributed by atoms with Crippen molar-refractivity contribution in [3.05, 3.63) is 23.3 Å². The topological polar surface area (TPSA) is 76.2 Å². The summed E-state index contributed by atoms with van der Waals surface area (Å²) in [6.07, 6.45) is 0.585. The van der Waals surface area contributed by atoms with Crippen LogP contribution in [0.3, 0.4) is 0 Å². The summed E-state index contributed by atoms with van der Waals surface area (Å²) in [6.45, 7) is 5.09. The molecule has 1 saturated heterocycles. The number of sulfonamides is 1. The van der Waals surface area contributed by atoms with Gasteiger partial charge < -0.3 is 14.4 Å². The van der Waals surface area contributed by atoms with Crippen molar-refractivity contribution in [1.82, 2.24) is 9.21 Å². The van der Waals surface area contributed by atoms with Gasteiger partial charge in [-0.25, -0.2) is 8.42 Å². The molecule has 0 N–H and O–H groups in total. The number of hydrogen-bond acceptors (Lipinski definition) is 5. The molecule has 0 saturated carbocycles. The summed E-state index contributed by atoms with van der Waals surface area (Å²) in [5.74, 6) is 1.07. The normalized spacial score (nSPS) is 15.9. The van der Waals surface area contributed by atoms with Crippen molar-refractivity contribution in [2.45, 2.75) is 20.3 Å². The van der Waals surface area contributed by atoms with Crippen molar-refractivity contribution in [3.63, 3.8) is 0 Å². The highest BCUT2D eigenvalue weighted by Crippen LogP contribution is 2.29. The van der Waals surface area contributed by atoms with E-state index < -0.39 is 10.0 Å². The van der Waals surface area contributed by atoms with Crippen LogP contribution in [-0.4, -0.2) is 69.7 Å². The highest BCUT2D eigenvalue weighted by Gasteiger charge is 2.30. The fourth-order valence-corrected chi connectivity index (χ4v) is 4.44. The largest absolute Gasteiger partial charge is 0.496 e. The van der Waals surface area contributed by atoms with E-state index in [2.05, 4.69) is 0 Å². The number of rotatable bonds is 6. The molecule has 1 aromatic carbocycles. The molecule has 0 aliphatic carbocycles. The third kappa shape index (κ3) is 4.24. The van der Waals surface area contributed by atoms with E-state index in [0.29, 0.717) is 49.7 Å². The quantitative estimate of drug-likeness (QED) is 0.759. The summed E-state index contributed by atoms with van der Waals surface area (Å²) in [6, 6.07) is 3.45. The Labute approximate surface area is 149 Å². The number of carbonyl (C=O) groups is 1. The Hall–Kier alpha value is -1.80. The molecule has 0 spiro atoms. The number of amides is 1. The minimum atomic E-state index is -3.23. The predicted molar refractivity (Wildman–Crippen MR) is 95.8 cm³/mol. The summed E-state index contributed by atoms with van der Waals surface area (Å²) < 4.78 is 36.4. The number of piperazine rings is 1. The molecule has 140 valence electrons. The van der Waals surface area contributed by atoms with Crippen molar-refractivity contribution in [2.24, 2.45) is 0 Å². The molecule has 1 fully saturated rings. The van der Waals surface area contributed by atoms with E-state index in [0.717, 1.165) is 5.56 Å². The fraction of sp³-hybridized carbons (Fsp3) is 0.588. The third-order valence-electron chi connectivity index (χ3n) is 4.33. The van der Waals surface area contributed by atoms with Crippen LogP contribution in [0, 0.1) is 6.92 Å². The van der Waals surface area contributed by atoms with Crippen LogP contribution in [0.4, 0.5) is 0 Å². The van der Waals surface area contributed by atoms with E-state index in [1.54, 1.807) is 24.1 Å². The maximum Gasteiger partial charge on any atom is 0.257 e. The summed E-state index contributed by atoms with van der Waals surface area (Å²) in [7, 11) is -0.149. The van der Waals surface area contributed by atoms with Gasteiger partial charge in [-0.3, -0.25) is 4.79 Å². The van der Waals surface area contributed by atoms with Crippen molar-refractivity contribution in [1.29, 1.82) is 0 Å². The number of hydrogen-bond donors (Lipinski definition) is 0. The van der Waals surface area contributed by atoms with Crippen LogP contribution in [0.1, 0.15) is 29.3 Å². The van der Waals surface area contributed by atoms with Crippen LogP contribution < -0.4 is 9.47 Å². The lowest BCUT2D eigenvalue weighted by Crippen LogP contribution is -2.51. The van der Waals surface area contributed by atoms with E-state index in [-0.39, 0.29) is 11.7 Å². The minimum absolute atomic E-state index is 0.143. The maximum absolute atomic E-state index is 12.9. The summed E-state index contributed by atoms with van der Waals surface area (Å²) >= 11 is 0. The monoisotopic (exact) mass is 370 g/mol. The minimum Gasteiger partial charge on any atom is -0.496 e. The van der Waals surface area contributed by atoms with Crippen LogP contribution in [0.5, 0.6) is 11.5 Å². The predicted octanol–water partition coefficient (Wildman–Crippen LogP) is 1.51. The lowest BCUT2D eigenvalue weighted by molar-refractivity contribution is 0.0694. The van der Waals surface area contributed by atoms with Crippen LogP contribution in [0.25, 0.3) is 0 Å². The molecule has 1 heterocycles.